The second-order valence-corrected chi connectivity index (χ2v) is 3.44. The number of carbonyl (C=O) groups is 1. The fourth-order valence-corrected chi connectivity index (χ4v) is 1.61. The third-order valence-corrected chi connectivity index (χ3v) is 2.36. The Kier molecular flexibility index (Phi) is 1.86. The topological polar surface area (TPSA) is 17.1 Å². The van der Waals surface area contributed by atoms with Crippen molar-refractivity contribution in [3.8, 4) is 0 Å². The second kappa shape index (κ2) is 2.39. The normalized spacial score (nSPS) is 38.5. The Morgan fingerprint density at radius 3 is 2.70 bits per heavy atom. The van der Waals surface area contributed by atoms with Gasteiger partial charge < -0.3 is 0 Å². The molecule has 1 fully saturated rings. The summed E-state index contributed by atoms with van der Waals surface area (Å²) in [7, 11) is 0. The minimum Gasteiger partial charge on any atom is -0.281 e. The van der Waals surface area contributed by atoms with Gasteiger partial charge in [-0.05, 0) is 30.4 Å². The van der Waals surface area contributed by atoms with Crippen LogP contribution >= 0.6 is 11.6 Å². The molecule has 0 saturated heterocycles. The maximum Gasteiger partial charge on any atom is 0.225 e. The molecule has 0 radical (unpaired) electrons. The maximum absolute atomic E-state index is 10.6. The van der Waals surface area contributed by atoms with Crippen molar-refractivity contribution in [1.29, 1.82) is 0 Å². The molecule has 56 valence electrons. The van der Waals surface area contributed by atoms with Gasteiger partial charge in [-0.15, -0.1) is 0 Å². The zero-order chi connectivity index (χ0) is 7.78. The molecule has 0 spiro atoms. The molecule has 1 aliphatic carbocycles. The van der Waals surface area contributed by atoms with Gasteiger partial charge in [-0.25, -0.2) is 0 Å². The number of halogens is 1. The average Bonchev–Trinajstić information content (AvgIpc) is 2.43. The van der Waals surface area contributed by atoms with Crippen molar-refractivity contribution in [2.24, 2.45) is 11.3 Å². The molecule has 2 heteroatoms. The van der Waals surface area contributed by atoms with Crippen LogP contribution in [0.15, 0.2) is 12.2 Å². The average molecular weight is 159 g/mol. The van der Waals surface area contributed by atoms with Crippen LogP contribution in [0.2, 0.25) is 0 Å². The molecule has 0 bridgehead atoms. The summed E-state index contributed by atoms with van der Waals surface area (Å²) in [6.07, 6.45) is 4.94. The lowest BCUT2D eigenvalue weighted by atomic mass is 10.1. The molecule has 10 heavy (non-hydrogen) atoms. The molecule has 0 aliphatic heterocycles. The van der Waals surface area contributed by atoms with Crippen LogP contribution in [0, 0.1) is 11.3 Å². The van der Waals surface area contributed by atoms with Gasteiger partial charge in [0.05, 0.1) is 0 Å². The standard InChI is InChI=1S/C8H11ClO/c1-3-4-8(2)5-6(8)7(9)10/h3-4,6H,5H2,1-2H3/b4-3-. The number of carbonyl (C=O) groups excluding carboxylic acids is 1. The van der Waals surface area contributed by atoms with E-state index in [1.54, 1.807) is 0 Å². The molecular formula is C8H11ClO. The van der Waals surface area contributed by atoms with Gasteiger partial charge in [-0.3, -0.25) is 4.79 Å². The summed E-state index contributed by atoms with van der Waals surface area (Å²) in [5.74, 6) is 0.0744. The van der Waals surface area contributed by atoms with E-state index in [0.29, 0.717) is 0 Å². The van der Waals surface area contributed by atoms with E-state index in [0.717, 1.165) is 6.42 Å². The number of hydrogen-bond acceptors (Lipinski definition) is 1. The Bertz CT molecular complexity index is 186. The summed E-state index contributed by atoms with van der Waals surface area (Å²) in [5.41, 5.74) is 0.0770. The Labute approximate surface area is 66.1 Å². The van der Waals surface area contributed by atoms with Crippen LogP contribution in [0.3, 0.4) is 0 Å². The first-order chi connectivity index (χ1) is 4.60. The molecule has 0 heterocycles. The second-order valence-electron chi connectivity index (χ2n) is 3.07. The quantitative estimate of drug-likeness (QED) is 0.446. The van der Waals surface area contributed by atoms with Crippen molar-refractivity contribution < 1.29 is 4.79 Å². The monoisotopic (exact) mass is 158 g/mol. The van der Waals surface area contributed by atoms with Crippen LogP contribution in [0.25, 0.3) is 0 Å². The lowest BCUT2D eigenvalue weighted by Crippen LogP contribution is -1.98. The van der Waals surface area contributed by atoms with Crippen molar-refractivity contribution in [3.63, 3.8) is 0 Å². The zero-order valence-corrected chi connectivity index (χ0v) is 6.98. The minimum atomic E-state index is -0.194. The smallest absolute Gasteiger partial charge is 0.225 e. The molecule has 1 nitrogen and oxygen atoms in total. The molecule has 1 aliphatic rings. The van der Waals surface area contributed by atoms with E-state index in [1.807, 2.05) is 13.0 Å². The minimum absolute atomic E-state index is 0.0744. The van der Waals surface area contributed by atoms with Crippen molar-refractivity contribution in [2.75, 3.05) is 0 Å². The van der Waals surface area contributed by atoms with Crippen LogP contribution in [-0.2, 0) is 4.79 Å². The van der Waals surface area contributed by atoms with Crippen molar-refractivity contribution in [3.05, 3.63) is 12.2 Å². The Morgan fingerprint density at radius 1 is 1.80 bits per heavy atom. The van der Waals surface area contributed by atoms with Crippen LogP contribution in [0.5, 0.6) is 0 Å². The van der Waals surface area contributed by atoms with Crippen molar-refractivity contribution >= 4 is 16.8 Å². The van der Waals surface area contributed by atoms with Gasteiger partial charge in [0.1, 0.15) is 0 Å². The van der Waals surface area contributed by atoms with Gasteiger partial charge in [-0.2, -0.15) is 0 Å². The van der Waals surface area contributed by atoms with E-state index < -0.39 is 0 Å². The van der Waals surface area contributed by atoms with Gasteiger partial charge in [0, 0.05) is 5.92 Å². The summed E-state index contributed by atoms with van der Waals surface area (Å²) in [4.78, 5) is 10.6. The van der Waals surface area contributed by atoms with Gasteiger partial charge in [0.25, 0.3) is 0 Å². The highest BCUT2D eigenvalue weighted by atomic mass is 35.5. The molecule has 1 saturated carbocycles. The van der Waals surface area contributed by atoms with Crippen molar-refractivity contribution in [1.82, 2.24) is 0 Å². The fourth-order valence-electron chi connectivity index (χ4n) is 1.29. The third kappa shape index (κ3) is 1.24. The largest absolute Gasteiger partial charge is 0.281 e. The summed E-state index contributed by atoms with van der Waals surface area (Å²) >= 11 is 5.32. The molecule has 0 N–H and O–H groups in total. The molecular weight excluding hydrogens is 148 g/mol. The predicted octanol–water partition coefficient (Wildman–Crippen LogP) is 2.35. The summed E-state index contributed by atoms with van der Waals surface area (Å²) in [6.45, 7) is 4.01. The fraction of sp³-hybridized carbons (Fsp3) is 0.625. The number of hydrogen-bond donors (Lipinski definition) is 0. The highest BCUT2D eigenvalue weighted by Crippen LogP contribution is 2.54. The highest BCUT2D eigenvalue weighted by molar-refractivity contribution is 6.64. The predicted molar refractivity (Wildman–Crippen MR) is 41.9 cm³/mol. The summed E-state index contributed by atoms with van der Waals surface area (Å²) < 4.78 is 0. The number of allylic oxidation sites excluding steroid dienone is 2. The Morgan fingerprint density at radius 2 is 2.40 bits per heavy atom. The molecule has 0 aromatic heterocycles. The van der Waals surface area contributed by atoms with Crippen LogP contribution in [0.1, 0.15) is 20.3 Å². The van der Waals surface area contributed by atoms with E-state index in [4.69, 9.17) is 11.6 Å². The van der Waals surface area contributed by atoms with Crippen LogP contribution < -0.4 is 0 Å². The molecule has 1 rings (SSSR count). The molecule has 0 aromatic rings. The Balaban J connectivity index is 2.56. The lowest BCUT2D eigenvalue weighted by Gasteiger charge is -1.98. The molecule has 0 amide bonds. The first kappa shape index (κ1) is 7.80. The number of rotatable bonds is 2. The van der Waals surface area contributed by atoms with E-state index >= 15 is 0 Å². The van der Waals surface area contributed by atoms with E-state index in [-0.39, 0.29) is 16.6 Å². The molecule has 2 atom stereocenters. The van der Waals surface area contributed by atoms with E-state index in [1.165, 1.54) is 0 Å². The first-order valence-electron chi connectivity index (χ1n) is 3.43. The van der Waals surface area contributed by atoms with Gasteiger partial charge in [0.2, 0.25) is 5.24 Å². The van der Waals surface area contributed by atoms with Gasteiger partial charge >= 0.3 is 0 Å². The first-order valence-corrected chi connectivity index (χ1v) is 3.81. The lowest BCUT2D eigenvalue weighted by molar-refractivity contribution is -0.113. The van der Waals surface area contributed by atoms with E-state index in [2.05, 4.69) is 13.0 Å². The molecule has 0 aromatic carbocycles. The van der Waals surface area contributed by atoms with E-state index in [9.17, 15) is 4.79 Å². The van der Waals surface area contributed by atoms with Gasteiger partial charge in [0.15, 0.2) is 0 Å². The van der Waals surface area contributed by atoms with Crippen LogP contribution in [-0.4, -0.2) is 5.24 Å². The van der Waals surface area contributed by atoms with Crippen molar-refractivity contribution in [2.45, 2.75) is 20.3 Å². The molecule has 2 unspecified atom stereocenters. The SMILES string of the molecule is C/C=C\C1(C)CC1C(=O)Cl. The maximum atomic E-state index is 10.6. The summed E-state index contributed by atoms with van der Waals surface area (Å²) in [5, 5.41) is -0.194. The van der Waals surface area contributed by atoms with Gasteiger partial charge in [-0.1, -0.05) is 19.1 Å². The summed E-state index contributed by atoms with van der Waals surface area (Å²) in [6, 6.07) is 0. The van der Waals surface area contributed by atoms with Crippen LogP contribution in [0.4, 0.5) is 0 Å². The third-order valence-electron chi connectivity index (χ3n) is 2.10. The highest BCUT2D eigenvalue weighted by Gasteiger charge is 2.51. The Hall–Kier alpha value is -0.300. The zero-order valence-electron chi connectivity index (χ0n) is 6.23.